The molecule has 2 N–H and O–H groups in total. The van der Waals surface area contributed by atoms with E-state index in [2.05, 4.69) is 4.31 Å². The van der Waals surface area contributed by atoms with Crippen molar-refractivity contribution >= 4 is 30.0 Å². The van der Waals surface area contributed by atoms with Crippen LogP contribution in [0.2, 0.25) is 0 Å². The van der Waals surface area contributed by atoms with Gasteiger partial charge in [-0.05, 0) is 0 Å². The first-order chi connectivity index (χ1) is 3.13. The van der Waals surface area contributed by atoms with Gasteiger partial charge in [-0.3, -0.25) is 9.13 Å². The summed E-state index contributed by atoms with van der Waals surface area (Å²) in [5, 5.41) is 0. The SMILES string of the molecule is O=[PH](O)O[PH](=O)O.S. The van der Waals surface area contributed by atoms with Gasteiger partial charge in [0, 0.05) is 0 Å². The molecule has 0 aliphatic heterocycles. The maximum atomic E-state index is 9.44. The van der Waals surface area contributed by atoms with Crippen LogP contribution in [0.5, 0.6) is 0 Å². The number of hydrogen-bond donors (Lipinski definition) is 2. The molecule has 0 spiro atoms. The summed E-state index contributed by atoms with van der Waals surface area (Å²) in [5.74, 6) is 0. The van der Waals surface area contributed by atoms with E-state index >= 15 is 0 Å². The summed E-state index contributed by atoms with van der Waals surface area (Å²) in [7, 11) is -6.40. The van der Waals surface area contributed by atoms with Crippen molar-refractivity contribution in [3.05, 3.63) is 0 Å². The van der Waals surface area contributed by atoms with Gasteiger partial charge < -0.3 is 9.79 Å². The van der Waals surface area contributed by atoms with Gasteiger partial charge in [-0.1, -0.05) is 0 Å². The maximum Gasteiger partial charge on any atom is 0.323 e. The first-order valence-electron chi connectivity index (χ1n) is 1.26. The van der Waals surface area contributed by atoms with Gasteiger partial charge in [0.25, 0.3) is 0 Å². The molecule has 0 saturated heterocycles. The van der Waals surface area contributed by atoms with Crippen molar-refractivity contribution in [2.24, 2.45) is 0 Å². The highest BCUT2D eigenvalue weighted by atomic mass is 32.1. The first-order valence-corrected chi connectivity index (χ1v) is 3.79. The second-order valence-electron chi connectivity index (χ2n) is 0.634. The van der Waals surface area contributed by atoms with Crippen molar-refractivity contribution < 1.29 is 23.2 Å². The van der Waals surface area contributed by atoms with Gasteiger partial charge in [0.15, 0.2) is 0 Å². The van der Waals surface area contributed by atoms with Crippen LogP contribution in [0.15, 0.2) is 0 Å². The van der Waals surface area contributed by atoms with Gasteiger partial charge in [0.1, 0.15) is 0 Å². The van der Waals surface area contributed by atoms with E-state index in [4.69, 9.17) is 9.79 Å². The Morgan fingerprint density at radius 1 is 1.12 bits per heavy atom. The summed E-state index contributed by atoms with van der Waals surface area (Å²) in [4.78, 5) is 15.4. The molecule has 52 valence electrons. The van der Waals surface area contributed by atoms with Crippen LogP contribution >= 0.6 is 30.0 Å². The molecule has 8 heavy (non-hydrogen) atoms. The molecule has 0 saturated carbocycles. The summed E-state index contributed by atoms with van der Waals surface area (Å²) in [6, 6.07) is 0. The van der Waals surface area contributed by atoms with Gasteiger partial charge in [0.2, 0.25) is 0 Å². The van der Waals surface area contributed by atoms with Crippen LogP contribution in [0.4, 0.5) is 0 Å². The van der Waals surface area contributed by atoms with E-state index < -0.39 is 16.5 Å². The molecule has 0 rings (SSSR count). The lowest BCUT2D eigenvalue weighted by atomic mass is 15.8. The lowest BCUT2D eigenvalue weighted by Gasteiger charge is -1.86. The van der Waals surface area contributed by atoms with Gasteiger partial charge in [-0.15, -0.1) is 0 Å². The summed E-state index contributed by atoms with van der Waals surface area (Å²) in [5.41, 5.74) is 0. The molecule has 0 bridgehead atoms. The normalized spacial score (nSPS) is 16.2. The third-order valence-corrected chi connectivity index (χ3v) is 1.57. The Morgan fingerprint density at radius 3 is 1.38 bits per heavy atom. The van der Waals surface area contributed by atoms with Gasteiger partial charge in [-0.2, -0.15) is 13.5 Å². The molecule has 0 aromatic heterocycles. The zero-order valence-electron chi connectivity index (χ0n) is 3.62. The smallest absolute Gasteiger partial charge is 0.323 e. The Hall–Kier alpha value is 0.690. The van der Waals surface area contributed by atoms with E-state index in [1.807, 2.05) is 0 Å². The van der Waals surface area contributed by atoms with E-state index in [-0.39, 0.29) is 13.5 Å². The zero-order chi connectivity index (χ0) is 5.86. The first kappa shape index (κ1) is 11.5. The predicted octanol–water partition coefficient (Wildman–Crippen LogP) is -0.120. The molecular weight excluding hydrogens is 174 g/mol. The molecule has 0 aromatic carbocycles. The summed E-state index contributed by atoms with van der Waals surface area (Å²) in [6.45, 7) is 0. The fraction of sp³-hybridized carbons (Fsp3) is 0. The van der Waals surface area contributed by atoms with Crippen molar-refractivity contribution in [3.63, 3.8) is 0 Å². The molecule has 0 aromatic rings. The summed E-state index contributed by atoms with van der Waals surface area (Å²) >= 11 is 0. The van der Waals surface area contributed by atoms with Crippen LogP contribution < -0.4 is 0 Å². The van der Waals surface area contributed by atoms with E-state index in [9.17, 15) is 9.13 Å². The largest absolute Gasteiger partial charge is 0.326 e. The molecule has 0 radical (unpaired) electrons. The van der Waals surface area contributed by atoms with Crippen molar-refractivity contribution in [3.8, 4) is 0 Å². The molecule has 8 heteroatoms. The Labute approximate surface area is 54.0 Å². The standard InChI is InChI=1S/H4O5P2.H2S/c1-6(2)5-7(3)4;/h6-7H,(H,1,2)(H,3,4);1H2. The monoisotopic (exact) mass is 180 g/mol. The van der Waals surface area contributed by atoms with Crippen LogP contribution in [0, 0.1) is 0 Å². The van der Waals surface area contributed by atoms with E-state index in [1.165, 1.54) is 0 Å². The minimum atomic E-state index is -3.20. The van der Waals surface area contributed by atoms with Crippen molar-refractivity contribution in [1.82, 2.24) is 0 Å². The summed E-state index contributed by atoms with van der Waals surface area (Å²) < 4.78 is 22.3. The van der Waals surface area contributed by atoms with Crippen LogP contribution in [0.1, 0.15) is 0 Å². The van der Waals surface area contributed by atoms with E-state index in [0.717, 1.165) is 0 Å². The molecule has 0 fully saturated rings. The molecule has 2 atom stereocenters. The van der Waals surface area contributed by atoms with Crippen LogP contribution in [-0.4, -0.2) is 9.79 Å². The van der Waals surface area contributed by atoms with Crippen molar-refractivity contribution in [2.75, 3.05) is 0 Å². The third-order valence-electron chi connectivity index (χ3n) is 0.175. The highest BCUT2D eigenvalue weighted by Crippen LogP contribution is 2.30. The Bertz CT molecular complexity index is 86.6. The Morgan fingerprint density at radius 2 is 1.38 bits per heavy atom. The van der Waals surface area contributed by atoms with Crippen molar-refractivity contribution in [2.45, 2.75) is 0 Å². The quantitative estimate of drug-likeness (QED) is 0.578. The molecule has 0 heterocycles. The minimum Gasteiger partial charge on any atom is -0.326 e. The molecule has 2 unspecified atom stereocenters. The van der Waals surface area contributed by atoms with Crippen molar-refractivity contribution in [1.29, 1.82) is 0 Å². The highest BCUT2D eigenvalue weighted by Gasteiger charge is 1.93. The fourth-order valence-electron chi connectivity index (χ4n) is 0.0747. The van der Waals surface area contributed by atoms with E-state index in [1.54, 1.807) is 0 Å². The number of hydrogen-bond acceptors (Lipinski definition) is 3. The van der Waals surface area contributed by atoms with Gasteiger partial charge in [-0.25, -0.2) is 4.31 Å². The average Bonchev–Trinajstić information content (AvgIpc) is 1.27. The lowest BCUT2D eigenvalue weighted by Crippen LogP contribution is -1.58. The predicted molar refractivity (Wildman–Crippen MR) is 33.9 cm³/mol. The molecule has 0 amide bonds. The molecule has 0 aliphatic rings. The zero-order valence-corrected chi connectivity index (χ0v) is 6.62. The van der Waals surface area contributed by atoms with E-state index in [0.29, 0.717) is 0 Å². The highest BCUT2D eigenvalue weighted by molar-refractivity contribution is 7.59. The Balaban J connectivity index is 0. The second-order valence-corrected chi connectivity index (χ2v) is 2.51. The van der Waals surface area contributed by atoms with Crippen LogP contribution in [0.25, 0.3) is 0 Å². The molecular formula is H6O5P2S. The lowest BCUT2D eigenvalue weighted by molar-refractivity contribution is 0.371. The molecule has 5 nitrogen and oxygen atoms in total. The van der Waals surface area contributed by atoms with Gasteiger partial charge in [0.05, 0.1) is 0 Å². The minimum absolute atomic E-state index is 0. The Kier molecular flexibility index (Phi) is 8.35. The van der Waals surface area contributed by atoms with Gasteiger partial charge >= 0.3 is 16.5 Å². The van der Waals surface area contributed by atoms with Crippen LogP contribution in [-0.2, 0) is 13.4 Å². The maximum absolute atomic E-state index is 9.44. The van der Waals surface area contributed by atoms with Crippen LogP contribution in [0.3, 0.4) is 0 Å². The third kappa shape index (κ3) is 9.85. The summed E-state index contributed by atoms with van der Waals surface area (Å²) in [6.07, 6.45) is 0. The molecule has 0 aliphatic carbocycles. The fourth-order valence-corrected chi connectivity index (χ4v) is 0.672. The average molecular weight is 180 g/mol. The topological polar surface area (TPSA) is 83.8 Å². The number of rotatable bonds is 2. The second kappa shape index (κ2) is 5.82.